The molecule has 0 spiro atoms. The molecule has 0 saturated heterocycles. The van der Waals surface area contributed by atoms with Crippen LogP contribution >= 0.6 is 0 Å². The SMILES string of the molecule is COCCN1Cc2cccc(C(=O)O)c2C1=O. The Balaban J connectivity index is 2.32. The normalized spacial score (nSPS) is 13.9. The molecule has 1 heterocycles. The van der Waals surface area contributed by atoms with Crippen molar-refractivity contribution in [3.8, 4) is 0 Å². The van der Waals surface area contributed by atoms with Crippen molar-refractivity contribution in [1.29, 1.82) is 0 Å². The van der Waals surface area contributed by atoms with Crippen LogP contribution in [0, 0.1) is 0 Å². The van der Waals surface area contributed by atoms with Gasteiger partial charge in [0.2, 0.25) is 0 Å². The summed E-state index contributed by atoms with van der Waals surface area (Å²) in [7, 11) is 1.57. The van der Waals surface area contributed by atoms with Gasteiger partial charge in [0, 0.05) is 20.2 Å². The Morgan fingerprint density at radius 2 is 2.29 bits per heavy atom. The zero-order chi connectivity index (χ0) is 12.4. The molecule has 0 aliphatic carbocycles. The minimum atomic E-state index is -1.07. The third kappa shape index (κ3) is 2.01. The summed E-state index contributed by atoms with van der Waals surface area (Å²) in [6, 6.07) is 4.90. The number of rotatable bonds is 4. The minimum absolute atomic E-state index is 0.0763. The monoisotopic (exact) mass is 235 g/mol. The van der Waals surface area contributed by atoms with Gasteiger partial charge in [-0.15, -0.1) is 0 Å². The fourth-order valence-corrected chi connectivity index (χ4v) is 1.98. The van der Waals surface area contributed by atoms with Crippen molar-refractivity contribution in [2.75, 3.05) is 20.3 Å². The van der Waals surface area contributed by atoms with E-state index in [0.29, 0.717) is 25.3 Å². The van der Waals surface area contributed by atoms with Crippen molar-refractivity contribution >= 4 is 11.9 Å². The summed E-state index contributed by atoms with van der Waals surface area (Å²) in [6.07, 6.45) is 0. The molecule has 0 bridgehead atoms. The lowest BCUT2D eigenvalue weighted by Gasteiger charge is -2.14. The average molecular weight is 235 g/mol. The van der Waals surface area contributed by atoms with Crippen molar-refractivity contribution in [2.24, 2.45) is 0 Å². The van der Waals surface area contributed by atoms with Crippen LogP contribution in [0.1, 0.15) is 26.3 Å². The summed E-state index contributed by atoms with van der Waals surface area (Å²) in [6.45, 7) is 1.38. The Labute approximate surface area is 98.6 Å². The van der Waals surface area contributed by atoms with Crippen LogP contribution in [-0.4, -0.2) is 42.1 Å². The summed E-state index contributed by atoms with van der Waals surface area (Å²) >= 11 is 0. The molecular weight excluding hydrogens is 222 g/mol. The Morgan fingerprint density at radius 3 is 2.94 bits per heavy atom. The number of carboxylic acid groups (broad SMARTS) is 1. The van der Waals surface area contributed by atoms with Crippen molar-refractivity contribution in [2.45, 2.75) is 6.54 Å². The predicted molar refractivity (Wildman–Crippen MR) is 60.0 cm³/mol. The maximum atomic E-state index is 12.0. The summed E-state index contributed by atoms with van der Waals surface area (Å²) in [5.41, 5.74) is 1.16. The quantitative estimate of drug-likeness (QED) is 0.845. The number of methoxy groups -OCH3 is 1. The molecule has 0 atom stereocenters. The van der Waals surface area contributed by atoms with Crippen LogP contribution in [0.4, 0.5) is 0 Å². The Bertz CT molecular complexity index is 470. The summed E-state index contributed by atoms with van der Waals surface area (Å²) in [5.74, 6) is -1.29. The molecule has 90 valence electrons. The molecule has 0 unspecified atom stereocenters. The summed E-state index contributed by atoms with van der Waals surface area (Å²) < 4.78 is 4.92. The Morgan fingerprint density at radius 1 is 1.53 bits per heavy atom. The lowest BCUT2D eigenvalue weighted by atomic mass is 10.0. The van der Waals surface area contributed by atoms with E-state index < -0.39 is 5.97 Å². The van der Waals surface area contributed by atoms with E-state index in [-0.39, 0.29) is 11.5 Å². The molecule has 0 aromatic heterocycles. The molecule has 1 aromatic rings. The third-order valence-electron chi connectivity index (χ3n) is 2.81. The van der Waals surface area contributed by atoms with Crippen molar-refractivity contribution in [3.63, 3.8) is 0 Å². The second-order valence-electron chi connectivity index (χ2n) is 3.86. The Hall–Kier alpha value is -1.88. The smallest absolute Gasteiger partial charge is 0.336 e. The van der Waals surface area contributed by atoms with E-state index in [1.807, 2.05) is 0 Å². The van der Waals surface area contributed by atoms with Crippen LogP contribution in [0.2, 0.25) is 0 Å². The lowest BCUT2D eigenvalue weighted by Crippen LogP contribution is -2.28. The molecule has 0 radical (unpaired) electrons. The van der Waals surface area contributed by atoms with Gasteiger partial charge in [0.05, 0.1) is 17.7 Å². The highest BCUT2D eigenvalue weighted by Gasteiger charge is 2.31. The van der Waals surface area contributed by atoms with Gasteiger partial charge < -0.3 is 14.7 Å². The van der Waals surface area contributed by atoms with Gasteiger partial charge in [-0.25, -0.2) is 4.79 Å². The highest BCUT2D eigenvalue weighted by atomic mass is 16.5. The van der Waals surface area contributed by atoms with E-state index in [1.165, 1.54) is 6.07 Å². The van der Waals surface area contributed by atoms with Crippen LogP contribution in [-0.2, 0) is 11.3 Å². The van der Waals surface area contributed by atoms with Gasteiger partial charge in [0.15, 0.2) is 0 Å². The number of carbonyl (C=O) groups is 2. The molecule has 0 fully saturated rings. The van der Waals surface area contributed by atoms with Gasteiger partial charge in [-0.3, -0.25) is 4.79 Å². The molecular formula is C12H13NO4. The summed E-state index contributed by atoms with van der Waals surface area (Å²) in [4.78, 5) is 24.7. The number of amides is 1. The largest absolute Gasteiger partial charge is 0.478 e. The predicted octanol–water partition coefficient (Wildman–Crippen LogP) is 0.987. The molecule has 0 saturated carbocycles. The number of carboxylic acids is 1. The van der Waals surface area contributed by atoms with E-state index in [1.54, 1.807) is 24.1 Å². The molecule has 2 rings (SSSR count). The van der Waals surface area contributed by atoms with Gasteiger partial charge in [-0.1, -0.05) is 12.1 Å². The highest BCUT2D eigenvalue weighted by Crippen LogP contribution is 2.25. The molecule has 17 heavy (non-hydrogen) atoms. The van der Waals surface area contributed by atoms with E-state index >= 15 is 0 Å². The van der Waals surface area contributed by atoms with Crippen LogP contribution in [0.25, 0.3) is 0 Å². The maximum Gasteiger partial charge on any atom is 0.336 e. The molecule has 5 heteroatoms. The number of fused-ring (bicyclic) bond motifs is 1. The first kappa shape index (κ1) is 11.6. The zero-order valence-corrected chi connectivity index (χ0v) is 9.47. The molecule has 1 aliphatic heterocycles. The molecule has 1 aromatic carbocycles. The van der Waals surface area contributed by atoms with E-state index in [0.717, 1.165) is 5.56 Å². The Kier molecular flexibility index (Phi) is 3.10. The van der Waals surface area contributed by atoms with E-state index in [2.05, 4.69) is 0 Å². The third-order valence-corrected chi connectivity index (χ3v) is 2.81. The zero-order valence-electron chi connectivity index (χ0n) is 9.47. The lowest BCUT2D eigenvalue weighted by molar-refractivity contribution is 0.0671. The van der Waals surface area contributed by atoms with E-state index in [4.69, 9.17) is 9.84 Å². The van der Waals surface area contributed by atoms with Gasteiger partial charge in [-0.2, -0.15) is 0 Å². The van der Waals surface area contributed by atoms with Crippen LogP contribution < -0.4 is 0 Å². The summed E-state index contributed by atoms with van der Waals surface area (Å²) in [5, 5.41) is 9.03. The highest BCUT2D eigenvalue weighted by molar-refractivity contribution is 6.07. The van der Waals surface area contributed by atoms with Gasteiger partial charge in [-0.05, 0) is 11.6 Å². The molecule has 1 N–H and O–H groups in total. The standard InChI is InChI=1S/C12H13NO4/c1-17-6-5-13-7-8-3-2-4-9(12(15)16)10(8)11(13)14/h2-4H,5-7H2,1H3,(H,15,16). The second-order valence-corrected chi connectivity index (χ2v) is 3.86. The van der Waals surface area contributed by atoms with Gasteiger partial charge in [0.25, 0.3) is 5.91 Å². The van der Waals surface area contributed by atoms with Gasteiger partial charge >= 0.3 is 5.97 Å². The van der Waals surface area contributed by atoms with Crippen molar-refractivity contribution in [1.82, 2.24) is 4.90 Å². The van der Waals surface area contributed by atoms with Crippen LogP contribution in [0.5, 0.6) is 0 Å². The number of carbonyl (C=O) groups excluding carboxylic acids is 1. The molecule has 5 nitrogen and oxygen atoms in total. The van der Waals surface area contributed by atoms with Crippen LogP contribution in [0.3, 0.4) is 0 Å². The van der Waals surface area contributed by atoms with E-state index in [9.17, 15) is 9.59 Å². The number of aromatic carboxylic acids is 1. The minimum Gasteiger partial charge on any atom is -0.478 e. The molecule has 1 aliphatic rings. The molecule has 1 amide bonds. The maximum absolute atomic E-state index is 12.0. The number of nitrogens with zero attached hydrogens (tertiary/aromatic N) is 1. The first-order chi connectivity index (χ1) is 8.15. The van der Waals surface area contributed by atoms with Crippen molar-refractivity contribution < 1.29 is 19.4 Å². The number of hydrogen-bond acceptors (Lipinski definition) is 3. The average Bonchev–Trinajstić information content (AvgIpc) is 2.63. The fourth-order valence-electron chi connectivity index (χ4n) is 1.98. The first-order valence-electron chi connectivity index (χ1n) is 5.28. The first-order valence-corrected chi connectivity index (χ1v) is 5.28. The van der Waals surface area contributed by atoms with Crippen molar-refractivity contribution in [3.05, 3.63) is 34.9 Å². The van der Waals surface area contributed by atoms with Gasteiger partial charge in [0.1, 0.15) is 0 Å². The fraction of sp³-hybridized carbons (Fsp3) is 0.333. The van der Waals surface area contributed by atoms with Crippen LogP contribution in [0.15, 0.2) is 18.2 Å². The number of benzene rings is 1. The number of ether oxygens (including phenoxy) is 1. The topological polar surface area (TPSA) is 66.8 Å². The second kappa shape index (κ2) is 4.55. The number of hydrogen-bond donors (Lipinski definition) is 1.